The first-order valence-electron chi connectivity index (χ1n) is 16.8. The topological polar surface area (TPSA) is 174 Å². The molecule has 51 heavy (non-hydrogen) atoms. The quantitative estimate of drug-likeness (QED) is 0.188. The van der Waals surface area contributed by atoms with Gasteiger partial charge in [0.1, 0.15) is 11.6 Å². The third-order valence-electron chi connectivity index (χ3n) is 9.72. The lowest BCUT2D eigenvalue weighted by Crippen LogP contribution is -2.36. The van der Waals surface area contributed by atoms with E-state index in [-0.39, 0.29) is 10.8 Å². The predicted octanol–water partition coefficient (Wildman–Crippen LogP) is 5.02. The highest BCUT2D eigenvalue weighted by Crippen LogP contribution is 2.38. The van der Waals surface area contributed by atoms with Gasteiger partial charge in [-0.15, -0.1) is 0 Å². The van der Waals surface area contributed by atoms with Crippen LogP contribution in [0.2, 0.25) is 5.02 Å². The second-order valence-corrected chi connectivity index (χ2v) is 13.7. The molecule has 0 bridgehead atoms. The minimum absolute atomic E-state index is 0.259. The van der Waals surface area contributed by atoms with Crippen LogP contribution < -0.4 is 5.32 Å². The summed E-state index contributed by atoms with van der Waals surface area (Å²) in [6, 6.07) is 13.1. The number of fused-ring (bicyclic) bond motifs is 2. The maximum absolute atomic E-state index is 13.5. The molecule has 0 saturated carbocycles. The molecule has 3 N–H and O–H groups in total. The molecule has 7 rings (SSSR count). The molecular formula is C37H37ClN8O5. The molecule has 14 heteroatoms. The number of rotatable bonds is 9. The van der Waals surface area contributed by atoms with Crippen LogP contribution in [0.3, 0.4) is 0 Å². The molecule has 5 heterocycles. The summed E-state index contributed by atoms with van der Waals surface area (Å²) in [7, 11) is 1.83. The van der Waals surface area contributed by atoms with Gasteiger partial charge in [-0.3, -0.25) is 24.4 Å². The maximum atomic E-state index is 13.5. The number of halogens is 1. The Balaban J connectivity index is 1.14. The number of oxazole rings is 1. The molecule has 2 aliphatic heterocycles. The largest absolute Gasteiger partial charge is 0.481 e. The third kappa shape index (κ3) is 6.71. The Morgan fingerprint density at radius 1 is 1.18 bits per heavy atom. The van der Waals surface area contributed by atoms with Gasteiger partial charge in [0.15, 0.2) is 11.4 Å². The second kappa shape index (κ2) is 13.9. The van der Waals surface area contributed by atoms with Crippen molar-refractivity contribution in [2.45, 2.75) is 45.9 Å². The third-order valence-corrected chi connectivity index (χ3v) is 10.1. The van der Waals surface area contributed by atoms with Crippen molar-refractivity contribution in [3.8, 4) is 28.8 Å². The van der Waals surface area contributed by atoms with Crippen molar-refractivity contribution >= 4 is 40.3 Å². The SMILES string of the molecule is Cc1c(-c2nc3cc(CN4CCC(C(=O)O)C4)cc(C#N)c3o2)cccc1-c1nccc(NC(=O)c2nc3c(n2C)CCN(CC(C)O)C3)c1Cl. The molecule has 2 atom stereocenters. The molecule has 0 radical (unpaired) electrons. The smallest absolute Gasteiger partial charge is 0.307 e. The van der Waals surface area contributed by atoms with Gasteiger partial charge in [0.2, 0.25) is 5.89 Å². The minimum Gasteiger partial charge on any atom is -0.481 e. The van der Waals surface area contributed by atoms with Gasteiger partial charge in [0.05, 0.1) is 39.7 Å². The Bertz CT molecular complexity index is 2220. The molecule has 1 fully saturated rings. The first-order valence-corrected chi connectivity index (χ1v) is 17.2. The number of aromatic nitrogens is 4. The van der Waals surface area contributed by atoms with E-state index >= 15 is 0 Å². The van der Waals surface area contributed by atoms with Gasteiger partial charge < -0.3 is 24.5 Å². The van der Waals surface area contributed by atoms with Gasteiger partial charge in [-0.25, -0.2) is 9.97 Å². The van der Waals surface area contributed by atoms with Crippen molar-refractivity contribution in [3.63, 3.8) is 0 Å². The van der Waals surface area contributed by atoms with E-state index in [2.05, 4.69) is 31.2 Å². The van der Waals surface area contributed by atoms with Crippen LogP contribution >= 0.6 is 11.6 Å². The fourth-order valence-corrected chi connectivity index (χ4v) is 7.42. The van der Waals surface area contributed by atoms with Crippen LogP contribution in [0.1, 0.15) is 52.0 Å². The van der Waals surface area contributed by atoms with E-state index in [4.69, 9.17) is 21.0 Å². The lowest BCUT2D eigenvalue weighted by atomic mass is 9.99. The number of benzene rings is 2. The van der Waals surface area contributed by atoms with Crippen molar-refractivity contribution in [2.75, 3.05) is 31.5 Å². The summed E-state index contributed by atoms with van der Waals surface area (Å²) in [5.41, 5.74) is 6.96. The van der Waals surface area contributed by atoms with Gasteiger partial charge in [-0.1, -0.05) is 23.7 Å². The van der Waals surface area contributed by atoms with Gasteiger partial charge in [-0.2, -0.15) is 5.26 Å². The summed E-state index contributed by atoms with van der Waals surface area (Å²) >= 11 is 6.92. The molecule has 13 nitrogen and oxygen atoms in total. The van der Waals surface area contributed by atoms with E-state index in [1.54, 1.807) is 25.3 Å². The van der Waals surface area contributed by atoms with Gasteiger partial charge >= 0.3 is 5.97 Å². The van der Waals surface area contributed by atoms with Gasteiger partial charge in [0.25, 0.3) is 5.91 Å². The Kier molecular flexibility index (Phi) is 9.34. The van der Waals surface area contributed by atoms with Crippen molar-refractivity contribution < 1.29 is 24.2 Å². The number of anilines is 1. The number of aliphatic hydroxyl groups is 1. The van der Waals surface area contributed by atoms with Crippen LogP contribution in [0.25, 0.3) is 33.8 Å². The van der Waals surface area contributed by atoms with E-state index in [1.165, 1.54) is 0 Å². The number of nitriles is 1. The number of β-amino-alcohol motifs (C(OH)–C–C–N with tert-alkyl or cyclic N) is 1. The number of likely N-dealkylation sites (tertiary alicyclic amines) is 1. The first kappa shape index (κ1) is 34.3. The highest BCUT2D eigenvalue weighted by atomic mass is 35.5. The Labute approximate surface area is 299 Å². The number of carbonyl (C=O) groups is 2. The van der Waals surface area contributed by atoms with Crippen molar-refractivity contribution in [2.24, 2.45) is 13.0 Å². The molecule has 262 valence electrons. The standard InChI is InChI=1S/C37H37ClN8O5/c1-20(47)16-45-12-9-30-29(19-45)41-34(44(30)3)35(48)42-27-7-10-40-32(31(27)38)25-5-4-6-26(21(25)2)36-43-28-14-22(13-24(15-39)33(28)51-36)17-46-11-8-23(18-46)37(49)50/h4-7,10,13-14,20,23,47H,8-9,11-12,16-19H2,1-3H3,(H,49,50)(H,40,42,48). The molecule has 0 aliphatic carbocycles. The van der Waals surface area contributed by atoms with Gasteiger partial charge in [0, 0.05) is 69.2 Å². The molecule has 0 spiro atoms. The first-order chi connectivity index (χ1) is 24.5. The monoisotopic (exact) mass is 708 g/mol. The average molecular weight is 709 g/mol. The number of nitrogens with one attached hydrogen (secondary N) is 1. The lowest BCUT2D eigenvalue weighted by molar-refractivity contribution is -0.141. The fourth-order valence-electron chi connectivity index (χ4n) is 7.16. The highest BCUT2D eigenvalue weighted by molar-refractivity contribution is 6.36. The van der Waals surface area contributed by atoms with E-state index in [0.29, 0.717) is 84.2 Å². The summed E-state index contributed by atoms with van der Waals surface area (Å²) in [6.07, 6.45) is 2.45. The van der Waals surface area contributed by atoms with Crippen molar-refractivity contribution in [3.05, 3.63) is 81.5 Å². The molecule has 1 saturated heterocycles. The van der Waals surface area contributed by atoms with E-state index in [9.17, 15) is 25.1 Å². The fraction of sp³-hybridized carbons (Fsp3) is 0.351. The van der Waals surface area contributed by atoms with Crippen LogP contribution in [0, 0.1) is 24.2 Å². The maximum Gasteiger partial charge on any atom is 0.307 e. The number of amides is 1. The second-order valence-electron chi connectivity index (χ2n) is 13.4. The number of nitrogens with zero attached hydrogens (tertiary/aromatic N) is 7. The zero-order chi connectivity index (χ0) is 36.0. The van der Waals surface area contributed by atoms with E-state index in [0.717, 1.165) is 35.5 Å². The average Bonchev–Trinajstić information content (AvgIpc) is 3.83. The van der Waals surface area contributed by atoms with Gasteiger partial charge in [-0.05, 0) is 62.2 Å². The number of carboxylic acids is 1. The summed E-state index contributed by atoms with van der Waals surface area (Å²) in [4.78, 5) is 43.1. The van der Waals surface area contributed by atoms with Crippen LogP contribution in [-0.2, 0) is 31.4 Å². The molecule has 2 aliphatic rings. The zero-order valence-electron chi connectivity index (χ0n) is 28.5. The Morgan fingerprint density at radius 2 is 1.98 bits per heavy atom. The van der Waals surface area contributed by atoms with Crippen LogP contribution in [0.15, 0.2) is 47.0 Å². The Morgan fingerprint density at radius 3 is 2.73 bits per heavy atom. The molecular weight excluding hydrogens is 672 g/mol. The number of imidazole rings is 1. The Hall–Kier alpha value is -5.13. The van der Waals surface area contributed by atoms with Crippen molar-refractivity contribution in [1.82, 2.24) is 29.3 Å². The molecule has 2 aromatic carbocycles. The number of aliphatic hydroxyl groups excluding tert-OH is 1. The van der Waals surface area contributed by atoms with E-state index < -0.39 is 23.9 Å². The normalized spacial score (nSPS) is 17.0. The summed E-state index contributed by atoms with van der Waals surface area (Å²) in [5.74, 6) is -0.978. The number of hydrogen-bond acceptors (Lipinski definition) is 10. The van der Waals surface area contributed by atoms with Crippen molar-refractivity contribution in [1.29, 1.82) is 5.26 Å². The number of carboxylic acid groups (broad SMARTS) is 1. The highest BCUT2D eigenvalue weighted by Gasteiger charge is 2.29. The van der Waals surface area contributed by atoms with E-state index in [1.807, 2.05) is 42.8 Å². The van der Waals surface area contributed by atoms with Crippen LogP contribution in [0.5, 0.6) is 0 Å². The number of carbonyl (C=O) groups excluding carboxylic acids is 1. The predicted molar refractivity (Wildman–Crippen MR) is 190 cm³/mol. The number of aliphatic carboxylic acids is 1. The van der Waals surface area contributed by atoms with Crippen LogP contribution in [-0.4, -0.2) is 83.7 Å². The number of hydrogen-bond donors (Lipinski definition) is 3. The summed E-state index contributed by atoms with van der Waals surface area (Å²) < 4.78 is 8.00. The molecule has 5 aromatic rings. The summed E-state index contributed by atoms with van der Waals surface area (Å²) in [6.45, 7) is 7.17. The molecule has 2 unspecified atom stereocenters. The zero-order valence-corrected chi connectivity index (χ0v) is 29.2. The number of pyridine rings is 1. The lowest BCUT2D eigenvalue weighted by Gasteiger charge is -2.27. The molecule has 3 aromatic heterocycles. The molecule has 1 amide bonds. The van der Waals surface area contributed by atoms with Crippen LogP contribution in [0.4, 0.5) is 5.69 Å². The summed E-state index contributed by atoms with van der Waals surface area (Å²) in [5, 5.41) is 32.3. The minimum atomic E-state index is -0.790.